The maximum absolute atomic E-state index is 12.9. The van der Waals surface area contributed by atoms with E-state index in [1.165, 1.54) is 6.07 Å². The van der Waals surface area contributed by atoms with Gasteiger partial charge in [0.25, 0.3) is 5.91 Å². The molecular formula is C10H8F2N4O. The van der Waals surface area contributed by atoms with Gasteiger partial charge in [-0.25, -0.2) is 8.78 Å². The zero-order valence-corrected chi connectivity index (χ0v) is 8.79. The average molecular weight is 238 g/mol. The number of hydrogen-bond acceptors (Lipinski definition) is 3. The molecule has 0 aliphatic rings. The third-order valence-corrected chi connectivity index (χ3v) is 2.11. The minimum atomic E-state index is -1.03. The van der Waals surface area contributed by atoms with Crippen LogP contribution in [0, 0.1) is 18.6 Å². The van der Waals surface area contributed by atoms with Crippen LogP contribution in [0.15, 0.2) is 18.2 Å². The Morgan fingerprint density at radius 3 is 2.65 bits per heavy atom. The van der Waals surface area contributed by atoms with Gasteiger partial charge in [-0.2, -0.15) is 15.4 Å². The average Bonchev–Trinajstić information content (AvgIpc) is 2.70. The van der Waals surface area contributed by atoms with Crippen molar-refractivity contribution in [2.75, 3.05) is 5.32 Å². The van der Waals surface area contributed by atoms with Gasteiger partial charge in [-0.3, -0.25) is 4.79 Å². The number of amides is 1. The van der Waals surface area contributed by atoms with Gasteiger partial charge < -0.3 is 5.32 Å². The molecule has 1 heterocycles. The highest BCUT2D eigenvalue weighted by molar-refractivity contribution is 6.03. The fourth-order valence-electron chi connectivity index (χ4n) is 1.26. The molecule has 0 aliphatic carbocycles. The van der Waals surface area contributed by atoms with Gasteiger partial charge in [0.05, 0.1) is 5.69 Å². The Morgan fingerprint density at radius 1 is 1.29 bits per heavy atom. The van der Waals surface area contributed by atoms with Crippen molar-refractivity contribution in [2.24, 2.45) is 0 Å². The first kappa shape index (κ1) is 11.2. The van der Waals surface area contributed by atoms with Crippen LogP contribution in [-0.4, -0.2) is 21.3 Å². The molecule has 0 unspecified atom stereocenters. The standard InChI is InChI=1S/C10H8F2N4O/c1-5-9(15-16-14-5)10(17)13-6-2-3-7(11)8(12)4-6/h2-4H,1H3,(H,13,17)(H,14,15,16). The Balaban J connectivity index is 2.19. The summed E-state index contributed by atoms with van der Waals surface area (Å²) in [4.78, 5) is 11.6. The molecule has 2 aromatic rings. The number of halogens is 2. The van der Waals surface area contributed by atoms with Gasteiger partial charge in [-0.15, -0.1) is 0 Å². The monoisotopic (exact) mass is 238 g/mol. The molecule has 1 amide bonds. The van der Waals surface area contributed by atoms with E-state index in [0.29, 0.717) is 5.69 Å². The topological polar surface area (TPSA) is 70.7 Å². The summed E-state index contributed by atoms with van der Waals surface area (Å²) in [5, 5.41) is 12.0. The first-order chi connectivity index (χ1) is 8.08. The van der Waals surface area contributed by atoms with E-state index in [1.807, 2.05) is 0 Å². The molecule has 0 aliphatic heterocycles. The fourth-order valence-corrected chi connectivity index (χ4v) is 1.26. The number of aromatic amines is 1. The van der Waals surface area contributed by atoms with Gasteiger partial charge in [0.1, 0.15) is 0 Å². The number of carbonyl (C=O) groups excluding carboxylic acids is 1. The van der Waals surface area contributed by atoms with Gasteiger partial charge in [-0.05, 0) is 19.1 Å². The Labute approximate surface area is 94.8 Å². The van der Waals surface area contributed by atoms with E-state index in [0.717, 1.165) is 12.1 Å². The van der Waals surface area contributed by atoms with Crippen molar-refractivity contribution >= 4 is 11.6 Å². The number of aromatic nitrogens is 3. The highest BCUT2D eigenvalue weighted by Crippen LogP contribution is 2.14. The van der Waals surface area contributed by atoms with E-state index in [-0.39, 0.29) is 11.4 Å². The zero-order valence-electron chi connectivity index (χ0n) is 8.79. The van der Waals surface area contributed by atoms with E-state index >= 15 is 0 Å². The highest BCUT2D eigenvalue weighted by atomic mass is 19.2. The van der Waals surface area contributed by atoms with Gasteiger partial charge in [0.15, 0.2) is 17.3 Å². The Hall–Kier alpha value is -2.31. The Kier molecular flexibility index (Phi) is 2.82. The van der Waals surface area contributed by atoms with Crippen LogP contribution in [0.2, 0.25) is 0 Å². The van der Waals surface area contributed by atoms with Crippen LogP contribution in [0.4, 0.5) is 14.5 Å². The molecule has 17 heavy (non-hydrogen) atoms. The number of hydrogen-bond donors (Lipinski definition) is 2. The minimum absolute atomic E-state index is 0.106. The quantitative estimate of drug-likeness (QED) is 0.835. The lowest BCUT2D eigenvalue weighted by atomic mass is 10.2. The number of nitrogens with one attached hydrogen (secondary N) is 2. The SMILES string of the molecule is Cc1n[nH]nc1C(=O)Nc1ccc(F)c(F)c1. The first-order valence-electron chi connectivity index (χ1n) is 4.71. The lowest BCUT2D eigenvalue weighted by molar-refractivity contribution is 0.102. The minimum Gasteiger partial charge on any atom is -0.320 e. The molecular weight excluding hydrogens is 230 g/mol. The second-order valence-electron chi connectivity index (χ2n) is 3.34. The molecule has 5 nitrogen and oxygen atoms in total. The number of benzene rings is 1. The maximum Gasteiger partial charge on any atom is 0.278 e. The lowest BCUT2D eigenvalue weighted by Gasteiger charge is -2.03. The van der Waals surface area contributed by atoms with Crippen LogP contribution in [-0.2, 0) is 0 Å². The summed E-state index contributed by atoms with van der Waals surface area (Å²) in [6.07, 6.45) is 0. The molecule has 0 saturated carbocycles. The summed E-state index contributed by atoms with van der Waals surface area (Å²) in [5.41, 5.74) is 0.677. The fraction of sp³-hybridized carbons (Fsp3) is 0.100. The molecule has 0 atom stereocenters. The maximum atomic E-state index is 12.9. The van der Waals surface area contributed by atoms with E-state index in [2.05, 4.69) is 20.7 Å². The summed E-state index contributed by atoms with van der Waals surface area (Å²) in [6.45, 7) is 1.60. The normalized spacial score (nSPS) is 10.3. The van der Waals surface area contributed by atoms with E-state index in [1.54, 1.807) is 6.92 Å². The second kappa shape index (κ2) is 4.28. The summed E-state index contributed by atoms with van der Waals surface area (Å²) < 4.78 is 25.5. The van der Waals surface area contributed by atoms with Gasteiger partial charge in [-0.1, -0.05) is 0 Å². The highest BCUT2D eigenvalue weighted by Gasteiger charge is 2.14. The molecule has 0 fully saturated rings. The summed E-state index contributed by atoms with van der Waals surface area (Å²) in [6, 6.07) is 3.08. The number of H-pyrrole nitrogens is 1. The number of carbonyl (C=O) groups is 1. The molecule has 1 aromatic heterocycles. The molecule has 2 rings (SSSR count). The number of nitrogens with zero attached hydrogens (tertiary/aromatic N) is 2. The summed E-state index contributed by atoms with van der Waals surface area (Å²) >= 11 is 0. The predicted octanol–water partition coefficient (Wildman–Crippen LogP) is 1.64. The summed E-state index contributed by atoms with van der Waals surface area (Å²) in [7, 11) is 0. The van der Waals surface area contributed by atoms with E-state index in [9.17, 15) is 13.6 Å². The smallest absolute Gasteiger partial charge is 0.278 e. The molecule has 0 spiro atoms. The lowest BCUT2D eigenvalue weighted by Crippen LogP contribution is -2.14. The van der Waals surface area contributed by atoms with E-state index < -0.39 is 17.5 Å². The third-order valence-electron chi connectivity index (χ3n) is 2.11. The van der Waals surface area contributed by atoms with Gasteiger partial charge >= 0.3 is 0 Å². The number of aryl methyl sites for hydroxylation is 1. The molecule has 1 aromatic carbocycles. The largest absolute Gasteiger partial charge is 0.320 e. The number of rotatable bonds is 2. The van der Waals surface area contributed by atoms with Crippen LogP contribution < -0.4 is 5.32 Å². The molecule has 7 heteroatoms. The van der Waals surface area contributed by atoms with Crippen LogP contribution in [0.5, 0.6) is 0 Å². The van der Waals surface area contributed by atoms with Crippen LogP contribution in [0.3, 0.4) is 0 Å². The molecule has 88 valence electrons. The molecule has 0 bridgehead atoms. The van der Waals surface area contributed by atoms with E-state index in [4.69, 9.17) is 0 Å². The second-order valence-corrected chi connectivity index (χ2v) is 3.34. The van der Waals surface area contributed by atoms with Crippen molar-refractivity contribution < 1.29 is 13.6 Å². The van der Waals surface area contributed by atoms with Crippen molar-refractivity contribution in [2.45, 2.75) is 6.92 Å². The van der Waals surface area contributed by atoms with Crippen molar-refractivity contribution in [3.8, 4) is 0 Å². The number of anilines is 1. The van der Waals surface area contributed by atoms with Gasteiger partial charge in [0, 0.05) is 11.8 Å². The van der Waals surface area contributed by atoms with Crippen LogP contribution >= 0.6 is 0 Å². The predicted molar refractivity (Wildman–Crippen MR) is 55.4 cm³/mol. The Morgan fingerprint density at radius 2 is 2.06 bits per heavy atom. The van der Waals surface area contributed by atoms with Crippen molar-refractivity contribution in [1.29, 1.82) is 0 Å². The first-order valence-corrected chi connectivity index (χ1v) is 4.71. The summed E-state index contributed by atoms with van der Waals surface area (Å²) in [5.74, 6) is -2.54. The Bertz CT molecular complexity index is 567. The van der Waals surface area contributed by atoms with Crippen molar-refractivity contribution in [3.63, 3.8) is 0 Å². The van der Waals surface area contributed by atoms with Crippen molar-refractivity contribution in [3.05, 3.63) is 41.2 Å². The molecule has 0 radical (unpaired) electrons. The zero-order chi connectivity index (χ0) is 12.4. The third kappa shape index (κ3) is 2.27. The molecule has 2 N–H and O–H groups in total. The molecule has 0 saturated heterocycles. The van der Waals surface area contributed by atoms with Gasteiger partial charge in [0.2, 0.25) is 0 Å². The van der Waals surface area contributed by atoms with Crippen LogP contribution in [0.25, 0.3) is 0 Å². The van der Waals surface area contributed by atoms with Crippen molar-refractivity contribution in [1.82, 2.24) is 15.4 Å². The van der Waals surface area contributed by atoms with Crippen LogP contribution in [0.1, 0.15) is 16.2 Å².